The molecule has 1 spiro atoms. The molecule has 1 saturated heterocycles. The summed E-state index contributed by atoms with van der Waals surface area (Å²) in [4.78, 5) is 5.27. The van der Waals surface area contributed by atoms with E-state index in [0.717, 1.165) is 85.2 Å². The second-order valence-corrected chi connectivity index (χ2v) is 14.8. The topological polar surface area (TPSA) is 51.6 Å². The number of benzene rings is 1. The fourth-order valence-electron chi connectivity index (χ4n) is 7.11. The number of aromatic nitrogens is 1. The molecule has 8 heteroatoms. The van der Waals surface area contributed by atoms with Crippen molar-refractivity contribution in [3.8, 4) is 0 Å². The highest BCUT2D eigenvalue weighted by atomic mass is 32.1. The molecule has 2 unspecified atom stereocenters. The molecule has 1 saturated carbocycles. The van der Waals surface area contributed by atoms with Gasteiger partial charge in [-0.25, -0.2) is 0 Å². The van der Waals surface area contributed by atoms with E-state index in [1.54, 1.807) is 18.4 Å². The molecule has 6 rings (SSSR count). The fraction of sp³-hybridized carbons (Fsp3) is 0.694. The van der Waals surface area contributed by atoms with Crippen LogP contribution in [0.2, 0.25) is 0 Å². The van der Waals surface area contributed by atoms with Crippen molar-refractivity contribution in [2.45, 2.75) is 129 Å². The van der Waals surface area contributed by atoms with Crippen LogP contribution in [-0.2, 0) is 27.7 Å². The number of nitrogens with zero attached hydrogens (tertiary/aromatic N) is 1. The number of thiol groups is 1. The number of hydrogen-bond acceptors (Lipinski definition) is 5. The second kappa shape index (κ2) is 13.6. The lowest BCUT2D eigenvalue weighted by Gasteiger charge is -2.38. The second-order valence-electron chi connectivity index (χ2n) is 14.8. The molecular formula is C36H52F3NO3S. The smallest absolute Gasteiger partial charge is 0.388 e. The molecule has 1 aromatic carbocycles. The van der Waals surface area contributed by atoms with E-state index in [-0.39, 0.29) is 11.3 Å². The fourth-order valence-corrected chi connectivity index (χ4v) is 7.11. The summed E-state index contributed by atoms with van der Waals surface area (Å²) in [6, 6.07) is 5.40. The summed E-state index contributed by atoms with van der Waals surface area (Å²) in [5, 5.41) is 11.4. The van der Waals surface area contributed by atoms with Crippen molar-refractivity contribution in [2.24, 2.45) is 10.8 Å². The largest absolute Gasteiger partial charge is 0.416 e. The number of ether oxygens (including phenoxy) is 2. The number of aliphatic hydroxyl groups excluding tert-OH is 1. The lowest BCUT2D eigenvalue weighted by Crippen LogP contribution is -2.32. The van der Waals surface area contributed by atoms with Gasteiger partial charge in [-0.3, -0.25) is 4.98 Å². The third kappa shape index (κ3) is 7.50. The third-order valence-corrected chi connectivity index (χ3v) is 9.79. The monoisotopic (exact) mass is 635 g/mol. The Kier molecular flexibility index (Phi) is 10.9. The first-order chi connectivity index (χ1) is 20.6. The molecule has 0 amide bonds. The van der Waals surface area contributed by atoms with Crippen molar-refractivity contribution in [1.29, 1.82) is 0 Å². The molecule has 246 valence electrons. The van der Waals surface area contributed by atoms with Crippen LogP contribution < -0.4 is 0 Å². The Hall–Kier alpha value is -1.61. The van der Waals surface area contributed by atoms with Gasteiger partial charge in [0.1, 0.15) is 6.10 Å². The van der Waals surface area contributed by atoms with E-state index < -0.39 is 29.5 Å². The van der Waals surface area contributed by atoms with E-state index in [1.807, 2.05) is 0 Å². The molecule has 4 aliphatic rings. The van der Waals surface area contributed by atoms with E-state index in [9.17, 15) is 18.3 Å². The summed E-state index contributed by atoms with van der Waals surface area (Å²) in [5.41, 5.74) is 5.03. The Morgan fingerprint density at radius 2 is 1.55 bits per heavy atom. The van der Waals surface area contributed by atoms with Crippen molar-refractivity contribution < 1.29 is 27.8 Å². The van der Waals surface area contributed by atoms with Gasteiger partial charge in [-0.2, -0.15) is 25.8 Å². The first kappa shape index (κ1) is 35.2. The average molecular weight is 636 g/mol. The van der Waals surface area contributed by atoms with Gasteiger partial charge in [0, 0.05) is 36.0 Å². The minimum Gasteiger partial charge on any atom is -0.388 e. The molecule has 2 aliphatic carbocycles. The van der Waals surface area contributed by atoms with Crippen LogP contribution in [0.25, 0.3) is 0 Å². The predicted molar refractivity (Wildman–Crippen MR) is 173 cm³/mol. The van der Waals surface area contributed by atoms with Crippen LogP contribution >= 0.6 is 12.6 Å². The van der Waals surface area contributed by atoms with Crippen LogP contribution in [0.5, 0.6) is 0 Å². The maximum Gasteiger partial charge on any atom is 0.416 e. The SMILES string of the molecule is CC1(C)Cc2nc(C3CCOCC3)c3c(c2C(O)C1)C1(CCCC1)OC3c1ccc(C(F)(F)F)cc1.CCC(C)(C)C.CS. The van der Waals surface area contributed by atoms with Gasteiger partial charge in [-0.05, 0) is 78.9 Å². The quantitative estimate of drug-likeness (QED) is 0.323. The van der Waals surface area contributed by atoms with Crippen molar-refractivity contribution in [3.05, 3.63) is 63.5 Å². The number of aliphatic hydroxyl groups is 1. The maximum atomic E-state index is 13.3. The van der Waals surface area contributed by atoms with Gasteiger partial charge in [0.15, 0.2) is 0 Å². The molecule has 4 nitrogen and oxygen atoms in total. The number of alkyl halides is 3. The molecule has 44 heavy (non-hydrogen) atoms. The Balaban J connectivity index is 0.000000496. The minimum atomic E-state index is -4.38. The van der Waals surface area contributed by atoms with Crippen LogP contribution in [0, 0.1) is 10.8 Å². The highest BCUT2D eigenvalue weighted by Gasteiger charge is 2.53. The Morgan fingerprint density at radius 1 is 0.977 bits per heavy atom. The molecule has 2 aliphatic heterocycles. The predicted octanol–water partition coefficient (Wildman–Crippen LogP) is 9.88. The molecule has 3 heterocycles. The van der Waals surface area contributed by atoms with Gasteiger partial charge in [-0.15, -0.1) is 0 Å². The zero-order chi connectivity index (χ0) is 32.5. The first-order valence-electron chi connectivity index (χ1n) is 16.3. The Morgan fingerprint density at radius 3 is 2.07 bits per heavy atom. The maximum absolute atomic E-state index is 13.3. The van der Waals surface area contributed by atoms with E-state index in [4.69, 9.17) is 14.5 Å². The molecule has 1 N–H and O–H groups in total. The van der Waals surface area contributed by atoms with Crippen molar-refractivity contribution in [3.63, 3.8) is 0 Å². The Bertz CT molecular complexity index is 1260. The number of rotatable bonds is 2. The summed E-state index contributed by atoms with van der Waals surface area (Å²) in [6.45, 7) is 14.6. The molecule has 2 atom stereocenters. The van der Waals surface area contributed by atoms with Crippen LogP contribution in [0.4, 0.5) is 13.2 Å². The van der Waals surface area contributed by atoms with Gasteiger partial charge in [0.2, 0.25) is 0 Å². The van der Waals surface area contributed by atoms with E-state index in [2.05, 4.69) is 54.2 Å². The summed E-state index contributed by atoms with van der Waals surface area (Å²) < 4.78 is 52.5. The zero-order valence-corrected chi connectivity index (χ0v) is 28.5. The Labute approximate surface area is 267 Å². The number of hydrogen-bond donors (Lipinski definition) is 2. The first-order valence-corrected chi connectivity index (χ1v) is 17.2. The normalized spacial score (nSPS) is 24.1. The van der Waals surface area contributed by atoms with Crippen LogP contribution in [0.1, 0.15) is 150 Å². The van der Waals surface area contributed by atoms with E-state index in [1.165, 1.54) is 6.42 Å². The summed E-state index contributed by atoms with van der Waals surface area (Å²) in [6.07, 6.45) is 4.42. The van der Waals surface area contributed by atoms with Gasteiger partial charge in [-0.1, -0.05) is 72.9 Å². The number of fused-ring (bicyclic) bond motifs is 4. The number of halogens is 3. The van der Waals surface area contributed by atoms with Crippen molar-refractivity contribution in [1.82, 2.24) is 4.98 Å². The zero-order valence-electron chi connectivity index (χ0n) is 27.6. The van der Waals surface area contributed by atoms with Gasteiger partial charge < -0.3 is 14.6 Å². The average Bonchev–Trinajstić information content (AvgIpc) is 3.58. The standard InChI is InChI=1S/C29H34F3NO3.C6H14.CH4S/c1-27(2)15-20-22(21(34)16-27)24-23(25(33-20)17-9-13-35-14-10-17)26(36-28(24)11-3-4-12-28)18-5-7-19(8-6-18)29(30,31)32;1-5-6(2,3)4;1-2/h5-8,17,21,26,34H,3-4,9-16H2,1-2H3;5H2,1-4H3;2H,1H3. The molecule has 1 aromatic heterocycles. The highest BCUT2D eigenvalue weighted by Crippen LogP contribution is 2.60. The lowest BCUT2D eigenvalue weighted by atomic mass is 9.70. The highest BCUT2D eigenvalue weighted by molar-refractivity contribution is 7.79. The van der Waals surface area contributed by atoms with Crippen LogP contribution in [0.3, 0.4) is 0 Å². The lowest BCUT2D eigenvalue weighted by molar-refractivity contribution is -0.137. The summed E-state index contributed by atoms with van der Waals surface area (Å²) in [7, 11) is 0. The summed E-state index contributed by atoms with van der Waals surface area (Å²) >= 11 is 3.53. The molecular weight excluding hydrogens is 583 g/mol. The van der Waals surface area contributed by atoms with Gasteiger partial charge in [0.05, 0.1) is 23.0 Å². The van der Waals surface area contributed by atoms with Gasteiger partial charge >= 0.3 is 6.18 Å². The molecule has 0 radical (unpaired) electrons. The summed E-state index contributed by atoms with van der Waals surface area (Å²) in [5.74, 6) is 0.206. The minimum absolute atomic E-state index is 0.0598. The van der Waals surface area contributed by atoms with E-state index >= 15 is 0 Å². The number of pyridine rings is 1. The molecule has 2 aromatic rings. The van der Waals surface area contributed by atoms with Crippen LogP contribution in [-0.4, -0.2) is 29.6 Å². The molecule has 0 bridgehead atoms. The van der Waals surface area contributed by atoms with Gasteiger partial charge in [0.25, 0.3) is 0 Å². The van der Waals surface area contributed by atoms with E-state index in [0.29, 0.717) is 30.6 Å². The van der Waals surface area contributed by atoms with Crippen LogP contribution in [0.15, 0.2) is 24.3 Å². The van der Waals surface area contributed by atoms with Crippen molar-refractivity contribution in [2.75, 3.05) is 19.5 Å². The van der Waals surface area contributed by atoms with Crippen molar-refractivity contribution >= 4 is 12.6 Å². The third-order valence-electron chi connectivity index (χ3n) is 9.79. The molecule has 2 fully saturated rings.